The lowest BCUT2D eigenvalue weighted by atomic mass is 10.1. The number of fused-ring (bicyclic) bond motifs is 1. The number of amides is 1. The van der Waals surface area contributed by atoms with Crippen LogP contribution >= 0.6 is 0 Å². The summed E-state index contributed by atoms with van der Waals surface area (Å²) >= 11 is 0. The number of methoxy groups -OCH3 is 1. The number of aromatic amines is 1. The van der Waals surface area contributed by atoms with Crippen molar-refractivity contribution in [2.24, 2.45) is 0 Å². The lowest BCUT2D eigenvalue weighted by Crippen LogP contribution is -2.54. The second kappa shape index (κ2) is 7.30. The monoisotopic (exact) mass is 379 g/mol. The quantitative estimate of drug-likeness (QED) is 0.701. The first-order chi connectivity index (χ1) is 13.6. The summed E-state index contributed by atoms with van der Waals surface area (Å²) in [5.74, 6) is -0.350. The van der Waals surface area contributed by atoms with Crippen LogP contribution in [-0.2, 0) is 4.74 Å². The van der Waals surface area contributed by atoms with E-state index in [1.54, 1.807) is 30.3 Å². The van der Waals surface area contributed by atoms with Crippen molar-refractivity contribution in [2.75, 3.05) is 31.6 Å². The predicted molar refractivity (Wildman–Crippen MR) is 104 cm³/mol. The minimum absolute atomic E-state index is 0.00177. The molecule has 1 fully saturated rings. The van der Waals surface area contributed by atoms with Crippen LogP contribution in [-0.4, -0.2) is 65.0 Å². The van der Waals surface area contributed by atoms with Crippen LogP contribution in [0.3, 0.4) is 0 Å². The first-order valence-corrected chi connectivity index (χ1v) is 9.11. The largest absolute Gasteiger partial charge is 0.465 e. The Morgan fingerprint density at radius 2 is 1.75 bits per heavy atom. The second-order valence-electron chi connectivity index (χ2n) is 6.86. The van der Waals surface area contributed by atoms with Gasteiger partial charge in [-0.1, -0.05) is 0 Å². The number of nitrogens with one attached hydrogen (secondary N) is 1. The van der Waals surface area contributed by atoms with Crippen molar-refractivity contribution in [3.8, 4) is 0 Å². The first-order valence-electron chi connectivity index (χ1n) is 9.11. The van der Waals surface area contributed by atoms with Gasteiger partial charge in [-0.2, -0.15) is 15.4 Å². The van der Waals surface area contributed by atoms with E-state index in [0.717, 1.165) is 24.3 Å². The average Bonchev–Trinajstić information content (AvgIpc) is 3.20. The van der Waals surface area contributed by atoms with Crippen molar-refractivity contribution >= 4 is 28.6 Å². The van der Waals surface area contributed by atoms with Gasteiger partial charge in [-0.15, -0.1) is 0 Å². The normalized spacial score (nSPS) is 17.0. The van der Waals surface area contributed by atoms with E-state index in [4.69, 9.17) is 4.74 Å². The van der Waals surface area contributed by atoms with E-state index in [9.17, 15) is 9.59 Å². The number of H-pyrrole nitrogens is 1. The van der Waals surface area contributed by atoms with Crippen LogP contribution in [0.4, 0.5) is 5.69 Å². The smallest absolute Gasteiger partial charge is 0.337 e. The summed E-state index contributed by atoms with van der Waals surface area (Å²) in [7, 11) is 1.37. The zero-order chi connectivity index (χ0) is 19.7. The summed E-state index contributed by atoms with van der Waals surface area (Å²) in [4.78, 5) is 28.7. The van der Waals surface area contributed by atoms with Crippen LogP contribution < -0.4 is 4.90 Å². The van der Waals surface area contributed by atoms with E-state index >= 15 is 0 Å². The van der Waals surface area contributed by atoms with Crippen molar-refractivity contribution < 1.29 is 14.3 Å². The molecule has 1 aromatic heterocycles. The highest BCUT2D eigenvalue weighted by Gasteiger charge is 2.28. The van der Waals surface area contributed by atoms with Crippen molar-refractivity contribution in [1.82, 2.24) is 20.3 Å². The summed E-state index contributed by atoms with van der Waals surface area (Å²) in [6.45, 7) is 4.10. The Kier molecular flexibility index (Phi) is 4.68. The molecule has 1 saturated heterocycles. The molecule has 2 heterocycles. The SMILES string of the molecule is COC(=O)c1ccc(N2CCN(C(=O)c3ccc4n[nH]nc4c3)C(C)C2)cc1. The van der Waals surface area contributed by atoms with Crippen LogP contribution in [0.15, 0.2) is 42.5 Å². The van der Waals surface area contributed by atoms with Gasteiger partial charge in [-0.25, -0.2) is 4.79 Å². The molecular formula is C20H21N5O3. The molecule has 0 saturated carbocycles. The molecule has 8 heteroatoms. The summed E-state index contributed by atoms with van der Waals surface area (Å²) in [5, 5.41) is 10.6. The van der Waals surface area contributed by atoms with Gasteiger partial charge in [0.1, 0.15) is 11.0 Å². The van der Waals surface area contributed by atoms with Crippen molar-refractivity contribution in [1.29, 1.82) is 0 Å². The predicted octanol–water partition coefficient (Wildman–Crippen LogP) is 2.10. The number of piperazine rings is 1. The van der Waals surface area contributed by atoms with Crippen molar-refractivity contribution in [3.63, 3.8) is 0 Å². The number of rotatable bonds is 3. The fraction of sp³-hybridized carbons (Fsp3) is 0.300. The van der Waals surface area contributed by atoms with Gasteiger partial charge in [0.2, 0.25) is 0 Å². The number of hydrogen-bond donors (Lipinski definition) is 1. The second-order valence-corrected chi connectivity index (χ2v) is 6.86. The molecular weight excluding hydrogens is 358 g/mol. The molecule has 1 N–H and O–H groups in total. The molecule has 4 rings (SSSR count). The number of hydrogen-bond acceptors (Lipinski definition) is 6. The van der Waals surface area contributed by atoms with Gasteiger partial charge in [0.25, 0.3) is 5.91 Å². The minimum Gasteiger partial charge on any atom is -0.465 e. The number of anilines is 1. The third kappa shape index (κ3) is 3.28. The zero-order valence-electron chi connectivity index (χ0n) is 15.8. The molecule has 1 aliphatic heterocycles. The third-order valence-electron chi connectivity index (χ3n) is 5.11. The molecule has 0 bridgehead atoms. The molecule has 3 aromatic rings. The van der Waals surface area contributed by atoms with Crippen LogP contribution in [0.5, 0.6) is 0 Å². The number of aromatic nitrogens is 3. The molecule has 28 heavy (non-hydrogen) atoms. The Labute approximate surface area is 162 Å². The van der Waals surface area contributed by atoms with E-state index in [0.29, 0.717) is 23.2 Å². The van der Waals surface area contributed by atoms with Crippen LogP contribution in [0, 0.1) is 0 Å². The average molecular weight is 379 g/mol. The van der Waals surface area contributed by atoms with Gasteiger partial charge in [-0.05, 0) is 49.4 Å². The van der Waals surface area contributed by atoms with Gasteiger partial charge in [0, 0.05) is 36.9 Å². The number of carbonyl (C=O) groups is 2. The molecule has 1 aliphatic rings. The number of carbonyl (C=O) groups excluding carboxylic acids is 2. The lowest BCUT2D eigenvalue weighted by Gasteiger charge is -2.41. The third-order valence-corrected chi connectivity index (χ3v) is 5.11. The summed E-state index contributed by atoms with van der Waals surface area (Å²) in [5.41, 5.74) is 3.59. The van der Waals surface area contributed by atoms with Crippen LogP contribution in [0.1, 0.15) is 27.6 Å². The number of benzene rings is 2. The number of esters is 1. The molecule has 0 spiro atoms. The molecule has 0 aliphatic carbocycles. The van der Waals surface area contributed by atoms with Crippen molar-refractivity contribution in [3.05, 3.63) is 53.6 Å². The molecule has 1 unspecified atom stereocenters. The van der Waals surface area contributed by atoms with Gasteiger partial charge in [-0.3, -0.25) is 4.79 Å². The fourth-order valence-electron chi connectivity index (χ4n) is 3.56. The standard InChI is InChI=1S/C20H21N5O3/c1-13-12-24(16-6-3-14(4-7-16)20(27)28-2)9-10-25(13)19(26)15-5-8-17-18(11-15)22-23-21-17/h3-8,11,13H,9-10,12H2,1-2H3,(H,21,22,23). The van der Waals surface area contributed by atoms with Crippen LogP contribution in [0.2, 0.25) is 0 Å². The van der Waals surface area contributed by atoms with Gasteiger partial charge >= 0.3 is 5.97 Å². The van der Waals surface area contributed by atoms with Crippen LogP contribution in [0.25, 0.3) is 11.0 Å². The maximum Gasteiger partial charge on any atom is 0.337 e. The van der Waals surface area contributed by atoms with Gasteiger partial charge < -0.3 is 14.5 Å². The highest BCUT2D eigenvalue weighted by atomic mass is 16.5. The Morgan fingerprint density at radius 3 is 2.46 bits per heavy atom. The minimum atomic E-state index is -0.348. The molecule has 8 nitrogen and oxygen atoms in total. The zero-order valence-corrected chi connectivity index (χ0v) is 15.8. The number of nitrogens with zero attached hydrogens (tertiary/aromatic N) is 4. The van der Waals surface area contributed by atoms with E-state index in [1.165, 1.54) is 7.11 Å². The summed E-state index contributed by atoms with van der Waals surface area (Å²) in [6, 6.07) is 12.8. The Bertz CT molecular complexity index is 1010. The Balaban J connectivity index is 1.46. The number of ether oxygens (including phenoxy) is 1. The molecule has 2 aromatic carbocycles. The summed E-state index contributed by atoms with van der Waals surface area (Å²) in [6.07, 6.45) is 0. The maximum atomic E-state index is 13.0. The topological polar surface area (TPSA) is 91.4 Å². The molecule has 1 amide bonds. The maximum absolute atomic E-state index is 13.0. The highest BCUT2D eigenvalue weighted by molar-refractivity contribution is 5.97. The fourth-order valence-corrected chi connectivity index (χ4v) is 3.56. The Morgan fingerprint density at radius 1 is 1.04 bits per heavy atom. The molecule has 1 atom stereocenters. The highest BCUT2D eigenvalue weighted by Crippen LogP contribution is 2.22. The Hall–Kier alpha value is -3.42. The van der Waals surface area contributed by atoms with E-state index < -0.39 is 0 Å². The lowest BCUT2D eigenvalue weighted by molar-refractivity contribution is 0.0599. The summed E-state index contributed by atoms with van der Waals surface area (Å²) < 4.78 is 4.74. The van der Waals surface area contributed by atoms with E-state index in [2.05, 4.69) is 20.3 Å². The van der Waals surface area contributed by atoms with Crippen molar-refractivity contribution in [2.45, 2.75) is 13.0 Å². The van der Waals surface area contributed by atoms with E-state index in [-0.39, 0.29) is 17.9 Å². The van der Waals surface area contributed by atoms with E-state index in [1.807, 2.05) is 24.0 Å². The molecule has 144 valence electrons. The molecule has 0 radical (unpaired) electrons. The first kappa shape index (κ1) is 18.0. The van der Waals surface area contributed by atoms with Gasteiger partial charge in [0.05, 0.1) is 12.7 Å². The van der Waals surface area contributed by atoms with Gasteiger partial charge in [0.15, 0.2) is 0 Å².